The van der Waals surface area contributed by atoms with Crippen LogP contribution >= 0.6 is 0 Å². The molecule has 0 aromatic heterocycles. The Bertz CT molecular complexity index is 2500. The fourth-order valence-corrected chi connectivity index (χ4v) is 6.36. The Morgan fingerprint density at radius 1 is 0.579 bits per heavy atom. The topological polar surface area (TPSA) is 291 Å². The summed E-state index contributed by atoms with van der Waals surface area (Å²) in [5, 5.41) is 37.9. The molecule has 0 saturated heterocycles. The Hall–Kier alpha value is -4.85. The quantitative estimate of drug-likeness (QED) is 0.101. The second-order valence-electron chi connectivity index (χ2n) is 11.9. The van der Waals surface area contributed by atoms with Crippen molar-refractivity contribution >= 4 is 113 Å². The molecule has 6 rings (SSSR count). The Balaban J connectivity index is 0.000000248. The molecule has 0 bridgehead atoms. The van der Waals surface area contributed by atoms with Gasteiger partial charge in [0.1, 0.15) is 11.4 Å². The number of benzene rings is 2. The zero-order valence-electron chi connectivity index (χ0n) is 29.8. The fraction of sp³-hybridized carbons (Fsp3) is 0.111. The molecule has 2 aromatic carbocycles. The number of hydrogen-bond acceptors (Lipinski definition) is 14. The number of nitro groups is 2. The molecule has 2 atom stereocenters. The number of carbonyl (C=O) groups excluding carboxylic acids is 2. The van der Waals surface area contributed by atoms with Crippen molar-refractivity contribution in [2.45, 2.75) is 26.7 Å². The van der Waals surface area contributed by atoms with E-state index in [2.05, 4.69) is 20.5 Å². The summed E-state index contributed by atoms with van der Waals surface area (Å²) in [5.74, 6) is -0.894. The van der Waals surface area contributed by atoms with Crippen molar-refractivity contribution in [2.24, 2.45) is 20.5 Å². The van der Waals surface area contributed by atoms with Gasteiger partial charge in [0, 0.05) is 65.3 Å². The van der Waals surface area contributed by atoms with Gasteiger partial charge in [-0.3, -0.25) is 38.2 Å². The summed E-state index contributed by atoms with van der Waals surface area (Å²) in [5.41, 5.74) is 2.91. The van der Waals surface area contributed by atoms with E-state index in [-0.39, 0.29) is 92.8 Å². The summed E-state index contributed by atoms with van der Waals surface area (Å²) in [6.07, 6.45) is 13.8. The van der Waals surface area contributed by atoms with E-state index in [1.165, 1.54) is 72.9 Å². The molecule has 2 N–H and O–H groups in total. The van der Waals surface area contributed by atoms with Crippen LogP contribution in [0, 0.1) is 20.2 Å². The van der Waals surface area contributed by atoms with Gasteiger partial charge < -0.3 is 18.2 Å². The summed E-state index contributed by atoms with van der Waals surface area (Å²) in [7, 11) is -8.78. The van der Waals surface area contributed by atoms with Gasteiger partial charge in [-0.25, -0.2) is 0 Å². The van der Waals surface area contributed by atoms with Crippen LogP contribution in [0.4, 0.5) is 22.7 Å². The molecule has 0 aliphatic heterocycles. The number of aryl methyl sites for hydroxylation is 2. The molecule has 288 valence electrons. The smallest absolute Gasteiger partial charge is 0.757 e. The van der Waals surface area contributed by atoms with Crippen LogP contribution in [-0.4, -0.2) is 107 Å². The minimum absolute atomic E-state index is 0. The predicted octanol–water partition coefficient (Wildman–Crippen LogP) is 6.00. The molecule has 4 aliphatic rings. The number of ketones is 2. The van der Waals surface area contributed by atoms with E-state index in [9.17, 15) is 47.3 Å². The number of fused-ring (bicyclic) bond motifs is 2. The first-order valence-electron chi connectivity index (χ1n) is 16.2. The Morgan fingerprint density at radius 2 is 0.947 bits per heavy atom. The predicted molar refractivity (Wildman–Crippen MR) is 210 cm³/mol. The number of carbonyl (C=O) groups is 2. The first-order chi connectivity index (χ1) is 26.4. The Kier molecular flexibility index (Phi) is 14.6. The van der Waals surface area contributed by atoms with E-state index in [4.69, 9.17) is 9.11 Å². The number of rotatable bonds is 8. The average Bonchev–Trinajstić information content (AvgIpc) is 3.15. The van der Waals surface area contributed by atoms with Crippen molar-refractivity contribution < 1.29 is 46.1 Å². The summed E-state index contributed by atoms with van der Waals surface area (Å²) in [6.45, 7) is 3.68. The molecule has 18 nitrogen and oxygen atoms in total. The Labute approximate surface area is 365 Å². The number of azo groups is 2. The van der Waals surface area contributed by atoms with Crippen molar-refractivity contribution in [2.75, 3.05) is 0 Å². The average molecular weight is 938 g/mol. The second-order valence-corrected chi connectivity index (χ2v) is 14.7. The Morgan fingerprint density at radius 3 is 1.26 bits per heavy atom. The molecular formula is C36H28BaN6O12S2. The van der Waals surface area contributed by atoms with Gasteiger partial charge in [0.15, 0.2) is 0 Å². The van der Waals surface area contributed by atoms with Crippen LogP contribution in [0.5, 0.6) is 0 Å². The number of allylic oxidation sites excluding steroid dienone is 14. The molecule has 0 saturated carbocycles. The van der Waals surface area contributed by atoms with Crippen LogP contribution in [-0.2, 0) is 42.6 Å². The van der Waals surface area contributed by atoms with Gasteiger partial charge in [0.25, 0.3) is 11.4 Å². The molecule has 0 heterocycles. The molecule has 0 spiro atoms. The van der Waals surface area contributed by atoms with Gasteiger partial charge >= 0.3 is 48.9 Å². The molecule has 4 aliphatic carbocycles. The van der Waals surface area contributed by atoms with E-state index < -0.39 is 41.6 Å². The maximum atomic E-state index is 12.2. The standard InChI is InChI=1S/2C18H15N3O6S.Ba/c2*1-2-11-7-13(10-14(8-11)21(23)24)19-20-18-16-5-4-15(28(25,26)27)9-12(16)3-6-17(18)22;/h2*3-10H,2H2,1H3,(H2,25,26,27);/q;;+2/p-2. The van der Waals surface area contributed by atoms with Gasteiger partial charge in [0.05, 0.1) is 21.2 Å². The third-order valence-corrected chi connectivity index (χ3v) is 9.84. The van der Waals surface area contributed by atoms with Crippen molar-refractivity contribution in [1.29, 1.82) is 0 Å². The van der Waals surface area contributed by atoms with E-state index >= 15 is 0 Å². The van der Waals surface area contributed by atoms with Crippen LogP contribution in [0.1, 0.15) is 25.0 Å². The molecule has 0 radical (unpaired) electrons. The van der Waals surface area contributed by atoms with Crippen molar-refractivity contribution in [3.8, 4) is 0 Å². The van der Waals surface area contributed by atoms with Gasteiger partial charge in [-0.2, -0.15) is 10.2 Å². The molecule has 2 aromatic rings. The molecule has 0 amide bonds. The van der Waals surface area contributed by atoms with Crippen LogP contribution in [0.3, 0.4) is 0 Å². The van der Waals surface area contributed by atoms with E-state index in [1.54, 1.807) is 12.1 Å². The van der Waals surface area contributed by atoms with Gasteiger partial charge in [0.2, 0.25) is 11.6 Å². The maximum Gasteiger partial charge on any atom is 2.00 e. The molecule has 0 fully saturated rings. The normalized spacial score (nSPS) is 18.0. The molecular weight excluding hydrogens is 910 g/mol. The largest absolute Gasteiger partial charge is 2.00 e. The van der Waals surface area contributed by atoms with Crippen molar-refractivity contribution in [1.82, 2.24) is 0 Å². The zero-order chi connectivity index (χ0) is 40.9. The summed E-state index contributed by atoms with van der Waals surface area (Å²) in [4.78, 5) is 44.8. The first kappa shape index (κ1) is 44.9. The third kappa shape index (κ3) is 11.2. The van der Waals surface area contributed by atoms with Gasteiger partial charge in [-0.15, -0.1) is 10.2 Å². The third-order valence-electron chi connectivity index (χ3n) is 8.14. The van der Waals surface area contributed by atoms with E-state index in [0.29, 0.717) is 46.3 Å². The van der Waals surface area contributed by atoms with Gasteiger partial charge in [-0.05, 0) is 83.7 Å². The summed E-state index contributed by atoms with van der Waals surface area (Å²) >= 11 is 0. The van der Waals surface area contributed by atoms with Crippen molar-refractivity contribution in [3.63, 3.8) is 0 Å². The fourth-order valence-electron chi connectivity index (χ4n) is 5.33. The van der Waals surface area contributed by atoms with Crippen LogP contribution in [0.15, 0.2) is 151 Å². The SMILES string of the molecule is CCc1cc(N=NC2=C3C=CC(=S(=O)([O-])O)C=C3C=CC2=O)cc([N+](=O)[O-])c1.CCc1cc(N=NC2=C3C=CC(=S(=O)([O-])O)C=C3C=CC2=O)cc([N+](=O)[O-])c1.[Ba+2]. The molecule has 21 heteroatoms. The van der Waals surface area contributed by atoms with Gasteiger partial charge in [-0.1, -0.05) is 38.2 Å². The minimum atomic E-state index is -4.39. The zero-order valence-corrected chi connectivity index (χ0v) is 35.9. The maximum absolute atomic E-state index is 12.2. The summed E-state index contributed by atoms with van der Waals surface area (Å²) in [6, 6.07) is 8.62. The first-order valence-corrected chi connectivity index (χ1v) is 19.1. The van der Waals surface area contributed by atoms with Crippen LogP contribution < -0.4 is 0 Å². The number of hydrogen-bond donors (Lipinski definition) is 2. The monoisotopic (exact) mass is 938 g/mol. The number of nitro benzene ring substituents is 2. The molecule has 2 unspecified atom stereocenters. The van der Waals surface area contributed by atoms with Crippen molar-refractivity contribution in [3.05, 3.63) is 162 Å². The van der Waals surface area contributed by atoms with Crippen LogP contribution in [0.25, 0.3) is 0 Å². The number of nitrogens with zero attached hydrogens (tertiary/aromatic N) is 6. The minimum Gasteiger partial charge on any atom is -0.757 e. The number of non-ortho nitro benzene ring substituents is 2. The van der Waals surface area contributed by atoms with E-state index in [1.807, 2.05) is 13.8 Å². The second kappa shape index (κ2) is 18.6. The molecule has 57 heavy (non-hydrogen) atoms. The van der Waals surface area contributed by atoms with Crippen LogP contribution in [0.2, 0.25) is 0 Å². The van der Waals surface area contributed by atoms with E-state index in [0.717, 1.165) is 12.2 Å². The summed E-state index contributed by atoms with van der Waals surface area (Å²) < 4.78 is 63.4.